The zero-order valence-electron chi connectivity index (χ0n) is 12.7. The fourth-order valence-electron chi connectivity index (χ4n) is 2.17. The van der Waals surface area contributed by atoms with Crippen LogP contribution in [0, 0.1) is 6.92 Å². The Balaban J connectivity index is 2.86. The van der Waals surface area contributed by atoms with Gasteiger partial charge in [-0.2, -0.15) is 11.8 Å². The van der Waals surface area contributed by atoms with Crippen molar-refractivity contribution in [1.82, 2.24) is 0 Å². The minimum absolute atomic E-state index is 1.12. The van der Waals surface area contributed by atoms with Gasteiger partial charge in [-0.15, -0.1) is 0 Å². The third-order valence-corrected chi connectivity index (χ3v) is 4.59. The number of unbranched alkanes of at least 4 members (excludes halogenated alkanes) is 11. The zero-order valence-corrected chi connectivity index (χ0v) is 13.5. The molecule has 109 valence electrons. The zero-order chi connectivity index (χ0) is 13.3. The third kappa shape index (κ3) is 16.4. The number of hydrogen-bond acceptors (Lipinski definition) is 1. The van der Waals surface area contributed by atoms with Gasteiger partial charge in [-0.1, -0.05) is 84.5 Å². The Morgan fingerprint density at radius 2 is 1.06 bits per heavy atom. The van der Waals surface area contributed by atoms with Crippen LogP contribution < -0.4 is 0 Å². The van der Waals surface area contributed by atoms with Crippen molar-refractivity contribution in [1.29, 1.82) is 0 Å². The lowest BCUT2D eigenvalue weighted by molar-refractivity contribution is 0.593. The van der Waals surface area contributed by atoms with Crippen molar-refractivity contribution in [2.45, 2.75) is 90.4 Å². The molecular formula is C17H35S. The predicted octanol–water partition coefficient (Wildman–Crippen LogP) is 6.64. The molecule has 0 aliphatic carbocycles. The van der Waals surface area contributed by atoms with Gasteiger partial charge < -0.3 is 0 Å². The molecule has 0 aliphatic heterocycles. The van der Waals surface area contributed by atoms with Crippen LogP contribution in [0.3, 0.4) is 0 Å². The Morgan fingerprint density at radius 1 is 0.611 bits per heavy atom. The molecule has 0 aliphatic rings. The number of hydrogen-bond donors (Lipinski definition) is 0. The van der Waals surface area contributed by atoms with Gasteiger partial charge >= 0.3 is 0 Å². The fraction of sp³-hybridized carbons (Fsp3) is 0.941. The van der Waals surface area contributed by atoms with E-state index < -0.39 is 0 Å². The van der Waals surface area contributed by atoms with Crippen molar-refractivity contribution in [3.05, 3.63) is 6.92 Å². The molecule has 0 bridgehead atoms. The molecule has 0 aromatic rings. The lowest BCUT2D eigenvalue weighted by Crippen LogP contribution is -1.86. The maximum Gasteiger partial charge on any atom is -0.00675 e. The van der Waals surface area contributed by atoms with Gasteiger partial charge in [0.05, 0.1) is 0 Å². The van der Waals surface area contributed by atoms with Crippen LogP contribution in [-0.2, 0) is 0 Å². The molecule has 0 aromatic heterocycles. The number of rotatable bonds is 15. The summed E-state index contributed by atoms with van der Waals surface area (Å²) >= 11 is 2.17. The summed E-state index contributed by atoms with van der Waals surface area (Å²) in [5.41, 5.74) is 0. The molecule has 1 heteroatoms. The quantitative estimate of drug-likeness (QED) is 0.301. The summed E-state index contributed by atoms with van der Waals surface area (Å²) in [4.78, 5) is 0. The van der Waals surface area contributed by atoms with E-state index in [1.54, 1.807) is 0 Å². The molecule has 1 radical (unpaired) electrons. The van der Waals surface area contributed by atoms with Crippen LogP contribution in [0.2, 0.25) is 0 Å². The van der Waals surface area contributed by atoms with Crippen LogP contribution in [0.4, 0.5) is 0 Å². The Morgan fingerprint density at radius 3 is 1.56 bits per heavy atom. The Kier molecular flexibility index (Phi) is 17.7. The summed E-state index contributed by atoms with van der Waals surface area (Å²) in [6, 6.07) is 0. The van der Waals surface area contributed by atoms with Gasteiger partial charge in [0.25, 0.3) is 0 Å². The van der Waals surface area contributed by atoms with Crippen LogP contribution in [0.5, 0.6) is 0 Å². The van der Waals surface area contributed by atoms with Crippen LogP contribution >= 0.6 is 11.8 Å². The van der Waals surface area contributed by atoms with E-state index in [9.17, 15) is 0 Å². The van der Waals surface area contributed by atoms with Crippen LogP contribution in [0.1, 0.15) is 90.4 Å². The molecule has 18 heavy (non-hydrogen) atoms. The molecule has 0 unspecified atom stereocenters. The molecule has 0 heterocycles. The summed E-state index contributed by atoms with van der Waals surface area (Å²) in [5.74, 6) is 2.79. The van der Waals surface area contributed by atoms with Gasteiger partial charge in [0.2, 0.25) is 0 Å². The van der Waals surface area contributed by atoms with Gasteiger partial charge in [-0.05, 0) is 24.3 Å². The number of thioether (sulfide) groups is 1. The second-order valence-electron chi connectivity index (χ2n) is 5.36. The van der Waals surface area contributed by atoms with Crippen LogP contribution in [-0.4, -0.2) is 11.5 Å². The lowest BCUT2D eigenvalue weighted by atomic mass is 10.1. The van der Waals surface area contributed by atoms with Gasteiger partial charge in [0.1, 0.15) is 0 Å². The maximum atomic E-state index is 3.88. The smallest absolute Gasteiger partial charge is 0.00675 e. The first kappa shape index (κ1) is 18.4. The highest BCUT2D eigenvalue weighted by atomic mass is 32.2. The van der Waals surface area contributed by atoms with Crippen molar-refractivity contribution < 1.29 is 0 Å². The van der Waals surface area contributed by atoms with Crippen LogP contribution in [0.15, 0.2) is 0 Å². The molecule has 0 spiro atoms. The van der Waals surface area contributed by atoms with E-state index in [4.69, 9.17) is 0 Å². The summed E-state index contributed by atoms with van der Waals surface area (Å²) in [6.45, 7) is 6.17. The first-order valence-electron chi connectivity index (χ1n) is 8.28. The van der Waals surface area contributed by atoms with E-state index in [0.29, 0.717) is 0 Å². The van der Waals surface area contributed by atoms with Gasteiger partial charge in [-0.3, -0.25) is 0 Å². The largest absolute Gasteiger partial charge is 0.162 e. The highest BCUT2D eigenvalue weighted by Crippen LogP contribution is 2.13. The molecule has 0 atom stereocenters. The molecule has 0 rings (SSSR count). The highest BCUT2D eigenvalue weighted by Gasteiger charge is 1.93. The van der Waals surface area contributed by atoms with Crippen molar-refractivity contribution >= 4 is 11.8 Å². The first-order valence-corrected chi connectivity index (χ1v) is 9.44. The highest BCUT2D eigenvalue weighted by molar-refractivity contribution is 7.99. The summed E-state index contributed by atoms with van der Waals surface area (Å²) in [6.07, 6.45) is 18.2. The third-order valence-electron chi connectivity index (χ3n) is 3.43. The van der Waals surface area contributed by atoms with E-state index in [2.05, 4.69) is 25.6 Å². The van der Waals surface area contributed by atoms with Crippen molar-refractivity contribution in [2.24, 2.45) is 0 Å². The minimum atomic E-state index is 1.12. The van der Waals surface area contributed by atoms with Gasteiger partial charge in [0.15, 0.2) is 0 Å². The van der Waals surface area contributed by atoms with E-state index >= 15 is 0 Å². The summed E-state index contributed by atoms with van der Waals surface area (Å²) in [5, 5.41) is 0. The second-order valence-corrected chi connectivity index (χ2v) is 6.58. The van der Waals surface area contributed by atoms with Crippen LogP contribution in [0.25, 0.3) is 0 Å². The Bertz CT molecular complexity index is 118. The van der Waals surface area contributed by atoms with E-state index in [0.717, 1.165) is 6.42 Å². The normalized spacial score (nSPS) is 11.0. The summed E-state index contributed by atoms with van der Waals surface area (Å²) < 4.78 is 0. The monoisotopic (exact) mass is 271 g/mol. The van der Waals surface area contributed by atoms with E-state index in [1.807, 2.05) is 0 Å². The maximum absolute atomic E-state index is 3.88. The molecule has 0 aromatic carbocycles. The van der Waals surface area contributed by atoms with Crippen molar-refractivity contribution in [3.63, 3.8) is 0 Å². The lowest BCUT2D eigenvalue weighted by Gasteiger charge is -2.03. The topological polar surface area (TPSA) is 0 Å². The second kappa shape index (κ2) is 17.4. The van der Waals surface area contributed by atoms with Crippen molar-refractivity contribution in [3.8, 4) is 0 Å². The Hall–Kier alpha value is 0.350. The van der Waals surface area contributed by atoms with Crippen molar-refractivity contribution in [2.75, 3.05) is 11.5 Å². The SMILES string of the molecule is [CH2]CCCCCCCCCSCCCCCCC. The molecule has 0 fully saturated rings. The molecular weight excluding hydrogens is 236 g/mol. The van der Waals surface area contributed by atoms with E-state index in [1.165, 1.54) is 88.6 Å². The van der Waals surface area contributed by atoms with Gasteiger partial charge in [0, 0.05) is 0 Å². The molecule has 0 N–H and O–H groups in total. The molecule has 0 saturated carbocycles. The average Bonchev–Trinajstić information content (AvgIpc) is 2.39. The molecule has 0 nitrogen and oxygen atoms in total. The average molecular weight is 272 g/mol. The summed E-state index contributed by atoms with van der Waals surface area (Å²) in [7, 11) is 0. The molecule has 0 saturated heterocycles. The Labute approximate surface area is 121 Å². The predicted molar refractivity (Wildman–Crippen MR) is 88.4 cm³/mol. The first-order chi connectivity index (χ1) is 8.91. The minimum Gasteiger partial charge on any atom is -0.162 e. The van der Waals surface area contributed by atoms with Gasteiger partial charge in [-0.25, -0.2) is 0 Å². The van der Waals surface area contributed by atoms with E-state index in [-0.39, 0.29) is 0 Å². The molecule has 0 amide bonds. The fourth-order valence-corrected chi connectivity index (χ4v) is 3.20. The standard InChI is InChI=1S/C17H35S/c1-3-5-7-9-10-11-13-15-17-18-16-14-12-8-6-4-2/h1,3-17H2,2H3.